The maximum Gasteiger partial charge on any atom is 0.126 e. The van der Waals surface area contributed by atoms with Crippen LogP contribution in [0.1, 0.15) is 30.0 Å². The van der Waals surface area contributed by atoms with Crippen LogP contribution in [-0.2, 0) is 12.8 Å². The van der Waals surface area contributed by atoms with E-state index in [9.17, 15) is 0 Å². The van der Waals surface area contributed by atoms with Gasteiger partial charge in [0.15, 0.2) is 0 Å². The summed E-state index contributed by atoms with van der Waals surface area (Å²) in [6.07, 6.45) is 4.80. The van der Waals surface area contributed by atoms with Crippen LogP contribution in [0.25, 0.3) is 0 Å². The zero-order chi connectivity index (χ0) is 15.1. The summed E-state index contributed by atoms with van der Waals surface area (Å²) in [7, 11) is 0. The average molecular weight is 283 g/mol. The molecule has 0 spiro atoms. The normalized spacial score (nSPS) is 12.3. The Labute approximate surface area is 127 Å². The van der Waals surface area contributed by atoms with E-state index >= 15 is 0 Å². The number of nitrogens with zero attached hydrogens (tertiary/aromatic N) is 1. The van der Waals surface area contributed by atoms with Crippen LogP contribution in [0, 0.1) is 6.92 Å². The highest BCUT2D eigenvalue weighted by Gasteiger charge is 2.12. The van der Waals surface area contributed by atoms with E-state index in [2.05, 4.69) is 54.5 Å². The molecular weight excluding hydrogens is 258 g/mol. The SMILES string of the molecule is CCCNC(Cc1cccc(C)c1)Cc1cccnc1N. The second kappa shape index (κ2) is 7.79. The lowest BCUT2D eigenvalue weighted by atomic mass is 9.98. The molecule has 0 saturated carbocycles. The number of aromatic nitrogens is 1. The highest BCUT2D eigenvalue weighted by Crippen LogP contribution is 2.14. The quantitative estimate of drug-likeness (QED) is 0.821. The van der Waals surface area contributed by atoms with Crippen LogP contribution in [-0.4, -0.2) is 17.6 Å². The minimum Gasteiger partial charge on any atom is -0.383 e. The second-order valence-corrected chi connectivity index (χ2v) is 5.60. The third-order valence-corrected chi connectivity index (χ3v) is 3.64. The number of anilines is 1. The molecule has 2 rings (SSSR count). The summed E-state index contributed by atoms with van der Waals surface area (Å²) >= 11 is 0. The Morgan fingerprint density at radius 3 is 2.76 bits per heavy atom. The summed E-state index contributed by atoms with van der Waals surface area (Å²) in [4.78, 5) is 4.18. The largest absolute Gasteiger partial charge is 0.383 e. The van der Waals surface area contributed by atoms with Gasteiger partial charge < -0.3 is 11.1 Å². The minimum atomic E-state index is 0.387. The van der Waals surface area contributed by atoms with Gasteiger partial charge in [0.05, 0.1) is 0 Å². The zero-order valence-corrected chi connectivity index (χ0v) is 13.0. The first-order valence-corrected chi connectivity index (χ1v) is 7.67. The lowest BCUT2D eigenvalue weighted by Crippen LogP contribution is -2.34. The Kier molecular flexibility index (Phi) is 5.76. The van der Waals surface area contributed by atoms with Gasteiger partial charge in [-0.05, 0) is 49.9 Å². The Morgan fingerprint density at radius 1 is 1.19 bits per heavy atom. The molecule has 3 heteroatoms. The van der Waals surface area contributed by atoms with Crippen LogP contribution in [0.3, 0.4) is 0 Å². The second-order valence-electron chi connectivity index (χ2n) is 5.60. The fourth-order valence-corrected chi connectivity index (χ4v) is 2.58. The highest BCUT2D eigenvalue weighted by molar-refractivity contribution is 5.39. The number of pyridine rings is 1. The van der Waals surface area contributed by atoms with Crippen molar-refractivity contribution < 1.29 is 0 Å². The van der Waals surface area contributed by atoms with E-state index in [4.69, 9.17) is 5.73 Å². The monoisotopic (exact) mass is 283 g/mol. The Hall–Kier alpha value is -1.87. The van der Waals surface area contributed by atoms with Gasteiger partial charge in [0, 0.05) is 12.2 Å². The molecular formula is C18H25N3. The van der Waals surface area contributed by atoms with Gasteiger partial charge in [-0.2, -0.15) is 0 Å². The molecule has 0 aliphatic carbocycles. The van der Waals surface area contributed by atoms with Crippen LogP contribution in [0.15, 0.2) is 42.6 Å². The smallest absolute Gasteiger partial charge is 0.126 e. The molecule has 1 heterocycles. The highest BCUT2D eigenvalue weighted by atomic mass is 14.9. The molecule has 112 valence electrons. The van der Waals surface area contributed by atoms with E-state index in [-0.39, 0.29) is 0 Å². The maximum atomic E-state index is 5.98. The van der Waals surface area contributed by atoms with Crippen molar-refractivity contribution in [1.82, 2.24) is 10.3 Å². The number of nitrogens with two attached hydrogens (primary N) is 1. The number of rotatable bonds is 7. The van der Waals surface area contributed by atoms with E-state index in [1.807, 2.05) is 6.07 Å². The Morgan fingerprint density at radius 2 is 2.05 bits per heavy atom. The molecule has 1 aromatic carbocycles. The van der Waals surface area contributed by atoms with Gasteiger partial charge >= 0.3 is 0 Å². The number of nitrogens with one attached hydrogen (secondary N) is 1. The lowest BCUT2D eigenvalue weighted by molar-refractivity contribution is 0.505. The predicted molar refractivity (Wildman–Crippen MR) is 89.3 cm³/mol. The first-order valence-electron chi connectivity index (χ1n) is 7.67. The maximum absolute atomic E-state index is 5.98. The first kappa shape index (κ1) is 15.5. The van der Waals surface area contributed by atoms with Crippen LogP contribution in [0.4, 0.5) is 5.82 Å². The number of hydrogen-bond acceptors (Lipinski definition) is 3. The molecule has 0 saturated heterocycles. The summed E-state index contributed by atoms with van der Waals surface area (Å²) in [6.45, 7) is 5.35. The van der Waals surface area contributed by atoms with Crippen molar-refractivity contribution in [3.8, 4) is 0 Å². The molecule has 3 nitrogen and oxygen atoms in total. The van der Waals surface area contributed by atoms with E-state index in [1.165, 1.54) is 11.1 Å². The van der Waals surface area contributed by atoms with Gasteiger partial charge in [-0.25, -0.2) is 4.98 Å². The van der Waals surface area contributed by atoms with Crippen molar-refractivity contribution in [2.45, 2.75) is 39.2 Å². The van der Waals surface area contributed by atoms with Crippen molar-refractivity contribution in [2.24, 2.45) is 0 Å². The number of nitrogen functional groups attached to an aromatic ring is 1. The summed E-state index contributed by atoms with van der Waals surface area (Å²) < 4.78 is 0. The van der Waals surface area contributed by atoms with Gasteiger partial charge in [0.1, 0.15) is 5.82 Å². The van der Waals surface area contributed by atoms with E-state index < -0.39 is 0 Å². The van der Waals surface area contributed by atoms with Crippen LogP contribution in [0.5, 0.6) is 0 Å². The van der Waals surface area contributed by atoms with Gasteiger partial charge in [-0.15, -0.1) is 0 Å². The van der Waals surface area contributed by atoms with Crippen molar-refractivity contribution in [2.75, 3.05) is 12.3 Å². The molecule has 1 unspecified atom stereocenters. The molecule has 0 aliphatic rings. The van der Waals surface area contributed by atoms with Crippen molar-refractivity contribution in [3.63, 3.8) is 0 Å². The topological polar surface area (TPSA) is 50.9 Å². The number of benzene rings is 1. The van der Waals surface area contributed by atoms with Gasteiger partial charge in [-0.1, -0.05) is 42.8 Å². The fraction of sp³-hybridized carbons (Fsp3) is 0.389. The summed E-state index contributed by atoms with van der Waals surface area (Å²) in [5.74, 6) is 0.644. The summed E-state index contributed by atoms with van der Waals surface area (Å²) in [5, 5.41) is 3.63. The zero-order valence-electron chi connectivity index (χ0n) is 13.0. The number of hydrogen-bond donors (Lipinski definition) is 2. The van der Waals surface area contributed by atoms with Crippen LogP contribution in [0.2, 0.25) is 0 Å². The molecule has 1 atom stereocenters. The molecule has 2 aromatic rings. The van der Waals surface area contributed by atoms with E-state index in [0.29, 0.717) is 11.9 Å². The minimum absolute atomic E-state index is 0.387. The third kappa shape index (κ3) is 4.87. The van der Waals surface area contributed by atoms with E-state index in [1.54, 1.807) is 6.20 Å². The lowest BCUT2D eigenvalue weighted by Gasteiger charge is -2.19. The summed E-state index contributed by atoms with van der Waals surface area (Å²) in [6, 6.07) is 13.1. The first-order chi connectivity index (χ1) is 10.2. The molecule has 1 aromatic heterocycles. The van der Waals surface area contributed by atoms with Crippen LogP contribution >= 0.6 is 0 Å². The molecule has 21 heavy (non-hydrogen) atoms. The Balaban J connectivity index is 2.09. The average Bonchev–Trinajstić information content (AvgIpc) is 2.47. The van der Waals surface area contributed by atoms with Gasteiger partial charge in [0.2, 0.25) is 0 Å². The van der Waals surface area contributed by atoms with E-state index in [0.717, 1.165) is 31.4 Å². The fourth-order valence-electron chi connectivity index (χ4n) is 2.58. The van der Waals surface area contributed by atoms with Crippen molar-refractivity contribution >= 4 is 5.82 Å². The third-order valence-electron chi connectivity index (χ3n) is 3.64. The molecule has 0 bridgehead atoms. The van der Waals surface area contributed by atoms with Gasteiger partial charge in [0.25, 0.3) is 0 Å². The molecule has 0 aliphatic heterocycles. The standard InChI is InChI=1S/C18H25N3/c1-3-9-20-17(12-15-7-4-6-14(2)11-15)13-16-8-5-10-21-18(16)19/h4-8,10-11,17,20H,3,9,12-13H2,1-2H3,(H2,19,21). The van der Waals surface area contributed by atoms with Gasteiger partial charge in [-0.3, -0.25) is 0 Å². The van der Waals surface area contributed by atoms with Crippen molar-refractivity contribution in [1.29, 1.82) is 0 Å². The molecule has 0 fully saturated rings. The number of aryl methyl sites for hydroxylation is 1. The summed E-state index contributed by atoms with van der Waals surface area (Å²) in [5.41, 5.74) is 9.77. The molecule has 0 amide bonds. The van der Waals surface area contributed by atoms with Crippen LogP contribution < -0.4 is 11.1 Å². The molecule has 3 N–H and O–H groups in total. The van der Waals surface area contributed by atoms with Crippen molar-refractivity contribution in [3.05, 3.63) is 59.3 Å². The Bertz CT molecular complexity index is 566. The predicted octanol–water partition coefficient (Wildman–Crippen LogP) is 3.13. The molecule has 0 radical (unpaired) electrons.